The van der Waals surface area contributed by atoms with Crippen molar-refractivity contribution in [2.45, 2.75) is 51.7 Å². The molecule has 2 unspecified atom stereocenters. The highest BCUT2D eigenvalue weighted by atomic mass is 32.1. The maximum absolute atomic E-state index is 12.5. The maximum atomic E-state index is 12.5. The molecule has 0 spiro atoms. The maximum Gasteiger partial charge on any atom is 0.410 e. The molecule has 0 bridgehead atoms. The van der Waals surface area contributed by atoms with Crippen LogP contribution in [0.25, 0.3) is 0 Å². The number of amides is 1. The van der Waals surface area contributed by atoms with Crippen molar-refractivity contribution in [1.82, 2.24) is 9.80 Å². The van der Waals surface area contributed by atoms with E-state index >= 15 is 0 Å². The zero-order chi connectivity index (χ0) is 17.7. The molecule has 3 heterocycles. The average molecular weight is 311 g/mol. The molecular formula is C16H24N2O2S. The van der Waals surface area contributed by atoms with Crippen molar-refractivity contribution in [3.8, 4) is 0 Å². The third kappa shape index (κ3) is 2.94. The van der Waals surface area contributed by atoms with E-state index in [4.69, 9.17) is 8.85 Å². The van der Waals surface area contributed by atoms with Crippen LogP contribution >= 0.6 is 11.3 Å². The molecule has 5 heteroatoms. The van der Waals surface area contributed by atoms with Gasteiger partial charge in [0.15, 0.2) is 0 Å². The van der Waals surface area contributed by atoms with Gasteiger partial charge in [0.2, 0.25) is 0 Å². The first kappa shape index (κ1) is 11.5. The summed E-state index contributed by atoms with van der Waals surface area (Å²) in [4.78, 5) is 17.3. The van der Waals surface area contributed by atoms with Gasteiger partial charge in [-0.1, -0.05) is 0 Å². The van der Waals surface area contributed by atoms with Crippen LogP contribution in [0.4, 0.5) is 4.79 Å². The number of rotatable bonds is 0. The molecule has 0 aliphatic carbocycles. The van der Waals surface area contributed by atoms with Crippen LogP contribution in [0.2, 0.25) is 0 Å². The molecule has 0 saturated carbocycles. The van der Waals surface area contributed by atoms with E-state index in [2.05, 4.69) is 11.0 Å². The smallest absolute Gasteiger partial charge is 0.410 e. The Hall–Kier alpha value is -1.07. The van der Waals surface area contributed by atoms with Crippen molar-refractivity contribution >= 4 is 17.4 Å². The molecule has 3 rings (SSSR count). The number of carbonyl (C=O) groups excluding carboxylic acids is 1. The molecule has 2 aliphatic heterocycles. The summed E-state index contributed by atoms with van der Waals surface area (Å²) in [6.07, 6.45) is 0.439. The van der Waals surface area contributed by atoms with Crippen molar-refractivity contribution in [3.05, 3.63) is 21.9 Å². The molecule has 2 atom stereocenters. The van der Waals surface area contributed by atoms with Gasteiger partial charge in [0.05, 0.1) is 6.04 Å². The monoisotopic (exact) mass is 311 g/mol. The third-order valence-electron chi connectivity index (χ3n) is 3.96. The van der Waals surface area contributed by atoms with E-state index in [1.165, 1.54) is 10.4 Å². The Balaban J connectivity index is 1.89. The number of thiophene rings is 1. The minimum atomic E-state index is -2.13. The van der Waals surface area contributed by atoms with E-state index < -0.39 is 24.6 Å². The number of hydrogen-bond acceptors (Lipinski definition) is 4. The SMILES string of the molecule is [2H]C([2H])([2H])C1CN(C(=O)OC(C)(C)C)CC2c3sccc3CCN21. The summed E-state index contributed by atoms with van der Waals surface area (Å²) in [5, 5.41) is 2.05. The zero-order valence-corrected chi connectivity index (χ0v) is 13.6. The van der Waals surface area contributed by atoms with E-state index in [0.717, 1.165) is 13.0 Å². The van der Waals surface area contributed by atoms with Gasteiger partial charge in [0, 0.05) is 34.7 Å². The van der Waals surface area contributed by atoms with Gasteiger partial charge in [0.1, 0.15) is 5.60 Å². The van der Waals surface area contributed by atoms with Crippen LogP contribution < -0.4 is 0 Å². The fourth-order valence-corrected chi connectivity index (χ4v) is 4.10. The molecule has 0 radical (unpaired) electrons. The number of nitrogens with zero attached hydrogens (tertiary/aromatic N) is 2. The van der Waals surface area contributed by atoms with Crippen molar-refractivity contribution in [1.29, 1.82) is 0 Å². The highest BCUT2D eigenvalue weighted by Gasteiger charge is 2.39. The first-order valence-electron chi connectivity index (χ1n) is 8.86. The Morgan fingerprint density at radius 3 is 3.00 bits per heavy atom. The van der Waals surface area contributed by atoms with E-state index in [1.54, 1.807) is 16.2 Å². The fraction of sp³-hybridized carbons (Fsp3) is 0.688. The number of fused-ring (bicyclic) bond motifs is 3. The second kappa shape index (κ2) is 5.29. The van der Waals surface area contributed by atoms with E-state index in [0.29, 0.717) is 6.54 Å². The van der Waals surface area contributed by atoms with Crippen LogP contribution in [0.15, 0.2) is 11.4 Å². The number of carbonyl (C=O) groups is 1. The van der Waals surface area contributed by atoms with E-state index in [-0.39, 0.29) is 12.6 Å². The van der Waals surface area contributed by atoms with Gasteiger partial charge in [0.25, 0.3) is 0 Å². The predicted octanol–water partition coefficient (Wildman–Crippen LogP) is 3.29. The van der Waals surface area contributed by atoms with Crippen LogP contribution in [-0.2, 0) is 11.2 Å². The highest BCUT2D eigenvalue weighted by Crippen LogP contribution is 2.38. The fourth-order valence-electron chi connectivity index (χ4n) is 3.04. The van der Waals surface area contributed by atoms with Crippen molar-refractivity contribution in [2.75, 3.05) is 19.6 Å². The Labute approximate surface area is 134 Å². The van der Waals surface area contributed by atoms with E-state index in [1.807, 2.05) is 26.2 Å². The summed E-state index contributed by atoms with van der Waals surface area (Å²) in [5.41, 5.74) is 0.682. The topological polar surface area (TPSA) is 32.8 Å². The number of hydrogen-bond donors (Lipinski definition) is 0. The first-order valence-corrected chi connectivity index (χ1v) is 8.24. The first-order chi connectivity index (χ1) is 11.1. The van der Waals surface area contributed by atoms with Crippen LogP contribution in [0, 0.1) is 0 Å². The largest absolute Gasteiger partial charge is 0.444 e. The van der Waals surface area contributed by atoms with E-state index in [9.17, 15) is 4.79 Å². The Bertz CT molecular complexity index is 624. The molecule has 116 valence electrons. The van der Waals surface area contributed by atoms with Gasteiger partial charge in [-0.05, 0) is 51.1 Å². The molecule has 1 saturated heterocycles. The van der Waals surface area contributed by atoms with Gasteiger partial charge in [-0.25, -0.2) is 4.79 Å². The predicted molar refractivity (Wildman–Crippen MR) is 84.7 cm³/mol. The molecule has 2 aliphatic rings. The second-order valence-corrected chi connectivity index (χ2v) is 7.66. The summed E-state index contributed by atoms with van der Waals surface area (Å²) in [6.45, 7) is 4.71. The number of ether oxygens (including phenoxy) is 1. The molecule has 0 N–H and O–H groups in total. The lowest BCUT2D eigenvalue weighted by atomic mass is 9.96. The Morgan fingerprint density at radius 2 is 2.29 bits per heavy atom. The standard InChI is InChI=1S/C16H24N2O2S/c1-11-9-17(15(19)20-16(2,3)4)10-13-14-12(6-8-21-14)5-7-18(11)13/h6,8,11,13H,5,7,9-10H2,1-4H3/i1D3. The van der Waals surface area contributed by atoms with Crippen LogP contribution in [0.5, 0.6) is 0 Å². The third-order valence-corrected chi connectivity index (χ3v) is 5.02. The normalized spacial score (nSPS) is 28.9. The lowest BCUT2D eigenvalue weighted by molar-refractivity contribution is -0.0127. The molecule has 1 aromatic heterocycles. The van der Waals surface area contributed by atoms with Crippen LogP contribution in [0.3, 0.4) is 0 Å². The lowest BCUT2D eigenvalue weighted by Gasteiger charge is -2.47. The molecule has 4 nitrogen and oxygen atoms in total. The van der Waals surface area contributed by atoms with Gasteiger partial charge < -0.3 is 9.64 Å². The minimum absolute atomic E-state index is 0.0551. The molecule has 1 aromatic rings. The molecule has 1 fully saturated rings. The van der Waals surface area contributed by atoms with Crippen LogP contribution in [-0.4, -0.2) is 47.2 Å². The lowest BCUT2D eigenvalue weighted by Crippen LogP contribution is -2.57. The average Bonchev–Trinajstić information content (AvgIpc) is 2.91. The zero-order valence-electron chi connectivity index (χ0n) is 15.8. The van der Waals surface area contributed by atoms with Crippen molar-refractivity contribution in [2.24, 2.45) is 0 Å². The molecule has 1 amide bonds. The summed E-state index contributed by atoms with van der Waals surface area (Å²) < 4.78 is 29.2. The van der Waals surface area contributed by atoms with Gasteiger partial charge in [-0.15, -0.1) is 11.3 Å². The summed E-state index contributed by atoms with van der Waals surface area (Å²) >= 11 is 1.65. The molecular weight excluding hydrogens is 284 g/mol. The quantitative estimate of drug-likeness (QED) is 0.737. The Morgan fingerprint density at radius 1 is 1.48 bits per heavy atom. The summed E-state index contributed by atoms with van der Waals surface area (Å²) in [5.74, 6) is 0. The van der Waals surface area contributed by atoms with Crippen molar-refractivity contribution in [3.63, 3.8) is 0 Å². The molecule has 0 aromatic carbocycles. The summed E-state index contributed by atoms with van der Waals surface area (Å²) in [7, 11) is 0. The van der Waals surface area contributed by atoms with Crippen molar-refractivity contribution < 1.29 is 13.6 Å². The highest BCUT2D eigenvalue weighted by molar-refractivity contribution is 7.10. The Kier molecular flexibility index (Phi) is 2.89. The molecule has 21 heavy (non-hydrogen) atoms. The van der Waals surface area contributed by atoms with Crippen LogP contribution in [0.1, 0.15) is 48.2 Å². The number of piperazine rings is 1. The minimum Gasteiger partial charge on any atom is -0.444 e. The second-order valence-electron chi connectivity index (χ2n) is 6.71. The van der Waals surface area contributed by atoms with Gasteiger partial charge in [-0.2, -0.15) is 0 Å². The van der Waals surface area contributed by atoms with Gasteiger partial charge >= 0.3 is 6.09 Å². The summed E-state index contributed by atoms with van der Waals surface area (Å²) in [6, 6.07) is 1.40. The van der Waals surface area contributed by atoms with Gasteiger partial charge in [-0.3, -0.25) is 4.90 Å².